The summed E-state index contributed by atoms with van der Waals surface area (Å²) >= 11 is 3.38. The van der Waals surface area contributed by atoms with Crippen LogP contribution in [0.15, 0.2) is 28.9 Å². The summed E-state index contributed by atoms with van der Waals surface area (Å²) in [5.74, 6) is -0.0361. The number of nitrogen functional groups attached to an aromatic ring is 1. The molecule has 2 aromatic rings. The van der Waals surface area contributed by atoms with E-state index in [2.05, 4.69) is 31.5 Å². The van der Waals surface area contributed by atoms with Crippen molar-refractivity contribution in [3.63, 3.8) is 0 Å². The van der Waals surface area contributed by atoms with Gasteiger partial charge < -0.3 is 16.4 Å². The number of fused-ring (bicyclic) bond motifs is 1. The minimum Gasteiger partial charge on any atom is -0.398 e. The van der Waals surface area contributed by atoms with Gasteiger partial charge in [-0.2, -0.15) is 0 Å². The Kier molecular flexibility index (Phi) is 4.21. The molecule has 0 aliphatic heterocycles. The lowest BCUT2D eigenvalue weighted by atomic mass is 10.1. The van der Waals surface area contributed by atoms with E-state index in [9.17, 15) is 4.79 Å². The fraction of sp³-hybridized carbons (Fsp3) is 0.231. The summed E-state index contributed by atoms with van der Waals surface area (Å²) in [6, 6.07) is 5.68. The highest BCUT2D eigenvalue weighted by atomic mass is 79.9. The maximum absolute atomic E-state index is 10.8. The van der Waals surface area contributed by atoms with Gasteiger partial charge in [0.25, 0.3) is 0 Å². The highest BCUT2D eigenvalue weighted by molar-refractivity contribution is 9.10. The van der Waals surface area contributed by atoms with Crippen molar-refractivity contribution in [1.29, 1.82) is 0 Å². The van der Waals surface area contributed by atoms with Gasteiger partial charge in [-0.05, 0) is 34.1 Å². The molecule has 2 rings (SSSR count). The van der Waals surface area contributed by atoms with Crippen LogP contribution in [0.4, 0.5) is 11.4 Å². The molecule has 6 heteroatoms. The molecule has 0 fully saturated rings. The molecule has 0 radical (unpaired) electrons. The zero-order chi connectivity index (χ0) is 13.8. The zero-order valence-corrected chi connectivity index (χ0v) is 12.1. The Labute approximate surface area is 119 Å². The lowest BCUT2D eigenvalue weighted by molar-refractivity contribution is -0.118. The number of hydrogen-bond donors (Lipinski definition) is 3. The Morgan fingerprint density at radius 2 is 2.21 bits per heavy atom. The van der Waals surface area contributed by atoms with Crippen molar-refractivity contribution in [3.8, 4) is 0 Å². The molecule has 1 aromatic carbocycles. The predicted octanol–water partition coefficient (Wildman–Crippen LogP) is 2.13. The van der Waals surface area contributed by atoms with Gasteiger partial charge in [-0.25, -0.2) is 0 Å². The van der Waals surface area contributed by atoms with Crippen molar-refractivity contribution < 1.29 is 4.79 Å². The number of hydrogen-bond acceptors (Lipinski definition) is 4. The molecule has 100 valence electrons. The fourth-order valence-electron chi connectivity index (χ4n) is 1.79. The van der Waals surface area contributed by atoms with Gasteiger partial charge in [-0.15, -0.1) is 0 Å². The molecule has 1 amide bonds. The summed E-state index contributed by atoms with van der Waals surface area (Å²) in [7, 11) is 0. The van der Waals surface area contributed by atoms with E-state index in [0.29, 0.717) is 18.8 Å². The van der Waals surface area contributed by atoms with E-state index in [1.165, 1.54) is 6.92 Å². The molecule has 19 heavy (non-hydrogen) atoms. The van der Waals surface area contributed by atoms with Crippen molar-refractivity contribution in [2.24, 2.45) is 0 Å². The quantitative estimate of drug-likeness (QED) is 0.595. The summed E-state index contributed by atoms with van der Waals surface area (Å²) in [6.45, 7) is 2.70. The van der Waals surface area contributed by atoms with Crippen molar-refractivity contribution in [2.45, 2.75) is 6.92 Å². The van der Waals surface area contributed by atoms with E-state index in [-0.39, 0.29) is 5.91 Å². The van der Waals surface area contributed by atoms with Crippen LogP contribution in [0.25, 0.3) is 10.9 Å². The molecule has 1 heterocycles. The number of halogens is 1. The Hall–Kier alpha value is -1.82. The van der Waals surface area contributed by atoms with Crippen LogP contribution >= 0.6 is 15.9 Å². The van der Waals surface area contributed by atoms with Crippen molar-refractivity contribution >= 4 is 44.1 Å². The van der Waals surface area contributed by atoms with Crippen molar-refractivity contribution in [1.82, 2.24) is 10.3 Å². The molecular weight excluding hydrogens is 308 g/mol. The number of pyridine rings is 1. The number of rotatable bonds is 4. The Bertz CT molecular complexity index is 615. The van der Waals surface area contributed by atoms with E-state index in [1.54, 1.807) is 6.20 Å². The van der Waals surface area contributed by atoms with Crippen LogP contribution in [-0.2, 0) is 4.79 Å². The molecule has 4 N–H and O–H groups in total. The third-order valence-corrected chi connectivity index (χ3v) is 3.10. The minimum absolute atomic E-state index is 0.0361. The second kappa shape index (κ2) is 5.88. The molecule has 0 saturated heterocycles. The summed E-state index contributed by atoms with van der Waals surface area (Å²) in [6.07, 6.45) is 1.74. The highest BCUT2D eigenvalue weighted by Crippen LogP contribution is 2.28. The monoisotopic (exact) mass is 322 g/mol. The molecule has 0 aliphatic carbocycles. The standard InChI is InChI=1S/C13H15BrN4O/c1-8(19)16-4-5-17-12-3-2-11(15)10-6-9(14)7-18-13(10)12/h2-3,6-7,17H,4-5,15H2,1H3,(H,16,19). The van der Waals surface area contributed by atoms with Crippen molar-refractivity contribution in [2.75, 3.05) is 24.1 Å². The van der Waals surface area contributed by atoms with Gasteiger partial charge in [-0.3, -0.25) is 9.78 Å². The number of nitrogens with two attached hydrogens (primary N) is 1. The maximum Gasteiger partial charge on any atom is 0.216 e. The predicted molar refractivity (Wildman–Crippen MR) is 81.0 cm³/mol. The van der Waals surface area contributed by atoms with Crippen molar-refractivity contribution in [3.05, 3.63) is 28.9 Å². The smallest absolute Gasteiger partial charge is 0.216 e. The minimum atomic E-state index is -0.0361. The van der Waals surface area contributed by atoms with Crippen LogP contribution in [0.2, 0.25) is 0 Å². The Morgan fingerprint density at radius 3 is 2.95 bits per heavy atom. The second-order valence-electron chi connectivity index (χ2n) is 4.16. The number of benzene rings is 1. The first-order valence-electron chi connectivity index (χ1n) is 5.90. The van der Waals surface area contributed by atoms with Crippen LogP contribution in [0.5, 0.6) is 0 Å². The van der Waals surface area contributed by atoms with Gasteiger partial charge in [0.15, 0.2) is 0 Å². The first-order valence-corrected chi connectivity index (χ1v) is 6.69. The van der Waals surface area contributed by atoms with Gasteiger partial charge in [0, 0.05) is 41.8 Å². The van der Waals surface area contributed by atoms with Gasteiger partial charge in [0.1, 0.15) is 0 Å². The van der Waals surface area contributed by atoms with Gasteiger partial charge in [0.2, 0.25) is 5.91 Å². The lowest BCUT2D eigenvalue weighted by Gasteiger charge is -2.11. The first-order chi connectivity index (χ1) is 9.08. The maximum atomic E-state index is 10.8. The number of nitrogens with one attached hydrogen (secondary N) is 2. The molecule has 0 unspecified atom stereocenters. The summed E-state index contributed by atoms with van der Waals surface area (Å²) in [5.41, 5.74) is 8.36. The second-order valence-corrected chi connectivity index (χ2v) is 5.08. The lowest BCUT2D eigenvalue weighted by Crippen LogP contribution is -2.26. The van der Waals surface area contributed by atoms with Crippen LogP contribution in [-0.4, -0.2) is 24.0 Å². The summed E-state index contributed by atoms with van der Waals surface area (Å²) < 4.78 is 0.891. The summed E-state index contributed by atoms with van der Waals surface area (Å²) in [5, 5.41) is 6.87. The van der Waals surface area contributed by atoms with E-state index in [4.69, 9.17) is 5.73 Å². The van der Waals surface area contributed by atoms with E-state index < -0.39 is 0 Å². The third-order valence-electron chi connectivity index (χ3n) is 2.66. The number of amides is 1. The largest absolute Gasteiger partial charge is 0.398 e. The number of nitrogens with zero attached hydrogens (tertiary/aromatic N) is 1. The number of carbonyl (C=O) groups excluding carboxylic acids is 1. The molecular formula is C13H15BrN4O. The Balaban J connectivity index is 2.19. The fourth-order valence-corrected chi connectivity index (χ4v) is 2.13. The molecule has 1 aromatic heterocycles. The number of aromatic nitrogens is 1. The highest BCUT2D eigenvalue weighted by Gasteiger charge is 2.06. The summed E-state index contributed by atoms with van der Waals surface area (Å²) in [4.78, 5) is 15.2. The van der Waals surface area contributed by atoms with Gasteiger partial charge in [-0.1, -0.05) is 0 Å². The average Bonchev–Trinajstić information content (AvgIpc) is 2.37. The van der Waals surface area contributed by atoms with E-state index >= 15 is 0 Å². The normalized spacial score (nSPS) is 10.4. The third kappa shape index (κ3) is 3.35. The Morgan fingerprint density at radius 1 is 1.42 bits per heavy atom. The van der Waals surface area contributed by atoms with Crippen LogP contribution in [0, 0.1) is 0 Å². The molecule has 0 spiro atoms. The SMILES string of the molecule is CC(=O)NCCNc1ccc(N)c2cc(Br)cnc12. The molecule has 0 saturated carbocycles. The average molecular weight is 323 g/mol. The first kappa shape index (κ1) is 13.6. The van der Waals surface area contributed by atoms with Gasteiger partial charge >= 0.3 is 0 Å². The molecule has 5 nitrogen and oxygen atoms in total. The zero-order valence-electron chi connectivity index (χ0n) is 10.5. The van der Waals surface area contributed by atoms with Crippen LogP contribution in [0.1, 0.15) is 6.92 Å². The molecule has 0 aliphatic rings. The van der Waals surface area contributed by atoms with Crippen LogP contribution < -0.4 is 16.4 Å². The van der Waals surface area contributed by atoms with Crippen LogP contribution in [0.3, 0.4) is 0 Å². The number of anilines is 2. The van der Waals surface area contributed by atoms with Gasteiger partial charge in [0.05, 0.1) is 11.2 Å². The molecule has 0 atom stereocenters. The van der Waals surface area contributed by atoms with E-state index in [0.717, 1.165) is 21.1 Å². The number of carbonyl (C=O) groups is 1. The topological polar surface area (TPSA) is 80.0 Å². The molecule has 0 bridgehead atoms. The van der Waals surface area contributed by atoms with E-state index in [1.807, 2.05) is 18.2 Å².